The maximum atomic E-state index is 11.4. The number of aromatic hydroxyl groups is 1. The SMILES string of the molecule is CCNC(=O)CNC1CCCc2cc(O)ccc21. The van der Waals surface area contributed by atoms with Gasteiger partial charge in [-0.2, -0.15) is 0 Å². The normalized spacial score (nSPS) is 18.2. The summed E-state index contributed by atoms with van der Waals surface area (Å²) in [6.45, 7) is 2.92. The number of amides is 1. The highest BCUT2D eigenvalue weighted by Crippen LogP contribution is 2.31. The van der Waals surface area contributed by atoms with Gasteiger partial charge in [-0.25, -0.2) is 0 Å². The Bertz CT molecular complexity index is 432. The van der Waals surface area contributed by atoms with Crippen LogP contribution in [0.5, 0.6) is 5.75 Å². The first-order chi connectivity index (χ1) is 8.70. The summed E-state index contributed by atoms with van der Waals surface area (Å²) in [6.07, 6.45) is 3.13. The van der Waals surface area contributed by atoms with Crippen molar-refractivity contribution in [2.24, 2.45) is 0 Å². The van der Waals surface area contributed by atoms with E-state index in [4.69, 9.17) is 0 Å². The lowest BCUT2D eigenvalue weighted by Crippen LogP contribution is -2.36. The molecule has 4 nitrogen and oxygen atoms in total. The highest BCUT2D eigenvalue weighted by molar-refractivity contribution is 5.77. The summed E-state index contributed by atoms with van der Waals surface area (Å²) in [4.78, 5) is 11.4. The quantitative estimate of drug-likeness (QED) is 0.756. The van der Waals surface area contributed by atoms with Crippen molar-refractivity contribution < 1.29 is 9.90 Å². The molecule has 0 radical (unpaired) electrons. The average molecular weight is 248 g/mol. The second-order valence-electron chi connectivity index (χ2n) is 4.66. The maximum absolute atomic E-state index is 11.4. The molecule has 0 bridgehead atoms. The Balaban J connectivity index is 2.01. The summed E-state index contributed by atoms with van der Waals surface area (Å²) in [5.74, 6) is 0.349. The molecular weight excluding hydrogens is 228 g/mol. The van der Waals surface area contributed by atoms with Crippen molar-refractivity contribution in [2.75, 3.05) is 13.1 Å². The van der Waals surface area contributed by atoms with Crippen LogP contribution in [-0.2, 0) is 11.2 Å². The van der Waals surface area contributed by atoms with Gasteiger partial charge in [0, 0.05) is 12.6 Å². The molecule has 4 heteroatoms. The summed E-state index contributed by atoms with van der Waals surface area (Å²) in [6, 6.07) is 5.72. The monoisotopic (exact) mass is 248 g/mol. The Hall–Kier alpha value is -1.55. The Labute approximate surface area is 107 Å². The van der Waals surface area contributed by atoms with Crippen LogP contribution in [0.4, 0.5) is 0 Å². The molecule has 0 saturated carbocycles. The number of benzene rings is 1. The van der Waals surface area contributed by atoms with Crippen molar-refractivity contribution in [1.29, 1.82) is 0 Å². The third-order valence-corrected chi connectivity index (χ3v) is 3.32. The minimum Gasteiger partial charge on any atom is -0.508 e. The van der Waals surface area contributed by atoms with Gasteiger partial charge in [-0.1, -0.05) is 6.07 Å². The van der Waals surface area contributed by atoms with Crippen molar-refractivity contribution in [3.05, 3.63) is 29.3 Å². The molecule has 98 valence electrons. The standard InChI is InChI=1S/C14H20N2O2/c1-2-15-14(18)9-16-13-5-3-4-10-8-11(17)6-7-12(10)13/h6-8,13,16-17H,2-5,9H2,1H3,(H,15,18). The highest BCUT2D eigenvalue weighted by Gasteiger charge is 2.20. The molecule has 1 aliphatic carbocycles. The largest absolute Gasteiger partial charge is 0.508 e. The van der Waals surface area contributed by atoms with E-state index >= 15 is 0 Å². The van der Waals surface area contributed by atoms with Crippen molar-refractivity contribution >= 4 is 5.91 Å². The zero-order chi connectivity index (χ0) is 13.0. The number of rotatable bonds is 4. The van der Waals surface area contributed by atoms with Gasteiger partial charge in [-0.15, -0.1) is 0 Å². The zero-order valence-electron chi connectivity index (χ0n) is 10.7. The predicted molar refractivity (Wildman–Crippen MR) is 70.5 cm³/mol. The fourth-order valence-electron chi connectivity index (χ4n) is 2.49. The summed E-state index contributed by atoms with van der Waals surface area (Å²) in [7, 11) is 0. The smallest absolute Gasteiger partial charge is 0.233 e. The van der Waals surface area contributed by atoms with Gasteiger partial charge in [0.25, 0.3) is 0 Å². The van der Waals surface area contributed by atoms with Crippen LogP contribution < -0.4 is 10.6 Å². The van der Waals surface area contributed by atoms with Crippen LogP contribution in [0.3, 0.4) is 0 Å². The van der Waals surface area contributed by atoms with E-state index in [2.05, 4.69) is 10.6 Å². The Morgan fingerprint density at radius 1 is 1.50 bits per heavy atom. The number of fused-ring (bicyclic) bond motifs is 1. The molecule has 0 aliphatic heterocycles. The molecule has 1 aromatic rings. The lowest BCUT2D eigenvalue weighted by molar-refractivity contribution is -0.120. The van der Waals surface area contributed by atoms with Crippen LogP contribution in [0, 0.1) is 0 Å². The second-order valence-corrected chi connectivity index (χ2v) is 4.66. The fraction of sp³-hybridized carbons (Fsp3) is 0.500. The summed E-state index contributed by atoms with van der Waals surface area (Å²) in [5, 5.41) is 15.5. The topological polar surface area (TPSA) is 61.4 Å². The molecule has 3 N–H and O–H groups in total. The minimum atomic E-state index is 0.0309. The number of nitrogens with one attached hydrogen (secondary N) is 2. The molecule has 1 unspecified atom stereocenters. The van der Waals surface area contributed by atoms with Gasteiger partial charge in [-0.3, -0.25) is 4.79 Å². The first-order valence-electron chi connectivity index (χ1n) is 6.52. The number of phenols is 1. The van der Waals surface area contributed by atoms with E-state index in [1.165, 1.54) is 11.1 Å². The third kappa shape index (κ3) is 3.01. The predicted octanol–water partition coefficient (Wildman–Crippen LogP) is 1.50. The fourth-order valence-corrected chi connectivity index (χ4v) is 2.49. The zero-order valence-corrected chi connectivity index (χ0v) is 10.7. The van der Waals surface area contributed by atoms with Gasteiger partial charge in [0.05, 0.1) is 6.54 Å². The highest BCUT2D eigenvalue weighted by atomic mass is 16.3. The van der Waals surface area contributed by atoms with Gasteiger partial charge in [0.1, 0.15) is 5.75 Å². The van der Waals surface area contributed by atoms with E-state index in [0.29, 0.717) is 18.8 Å². The molecule has 1 amide bonds. The van der Waals surface area contributed by atoms with Crippen molar-refractivity contribution in [2.45, 2.75) is 32.2 Å². The van der Waals surface area contributed by atoms with Crippen molar-refractivity contribution in [3.63, 3.8) is 0 Å². The van der Waals surface area contributed by atoms with Gasteiger partial charge in [0.15, 0.2) is 0 Å². The lowest BCUT2D eigenvalue weighted by atomic mass is 9.87. The van der Waals surface area contributed by atoms with Gasteiger partial charge >= 0.3 is 0 Å². The Morgan fingerprint density at radius 3 is 3.11 bits per heavy atom. The molecule has 0 heterocycles. The number of hydrogen-bond acceptors (Lipinski definition) is 3. The van der Waals surface area contributed by atoms with E-state index < -0.39 is 0 Å². The summed E-state index contributed by atoms with van der Waals surface area (Å²) < 4.78 is 0. The van der Waals surface area contributed by atoms with Crippen LogP contribution in [0.15, 0.2) is 18.2 Å². The Kier molecular flexibility index (Phi) is 4.20. The van der Waals surface area contributed by atoms with E-state index in [1.807, 2.05) is 19.1 Å². The van der Waals surface area contributed by atoms with E-state index in [-0.39, 0.29) is 11.9 Å². The van der Waals surface area contributed by atoms with Gasteiger partial charge < -0.3 is 15.7 Å². The van der Waals surface area contributed by atoms with Gasteiger partial charge in [-0.05, 0) is 49.4 Å². The molecule has 0 spiro atoms. The number of likely N-dealkylation sites (N-methyl/N-ethyl adjacent to an activating group) is 1. The van der Waals surface area contributed by atoms with E-state index in [1.54, 1.807) is 6.07 Å². The first-order valence-corrected chi connectivity index (χ1v) is 6.52. The summed E-state index contributed by atoms with van der Waals surface area (Å²) >= 11 is 0. The van der Waals surface area contributed by atoms with Crippen molar-refractivity contribution in [3.8, 4) is 5.75 Å². The summed E-state index contributed by atoms with van der Waals surface area (Å²) in [5.41, 5.74) is 2.40. The van der Waals surface area contributed by atoms with Crippen LogP contribution in [0.1, 0.15) is 36.9 Å². The molecule has 0 aromatic heterocycles. The first kappa shape index (κ1) is 12.9. The molecule has 0 fully saturated rings. The molecule has 1 aromatic carbocycles. The third-order valence-electron chi connectivity index (χ3n) is 3.32. The number of carbonyl (C=O) groups excluding carboxylic acids is 1. The van der Waals surface area contributed by atoms with Crippen LogP contribution in [-0.4, -0.2) is 24.1 Å². The molecule has 2 rings (SSSR count). The van der Waals surface area contributed by atoms with E-state index in [0.717, 1.165) is 19.3 Å². The minimum absolute atomic E-state index is 0.0309. The van der Waals surface area contributed by atoms with Crippen LogP contribution in [0.2, 0.25) is 0 Å². The second kappa shape index (κ2) is 5.87. The molecule has 18 heavy (non-hydrogen) atoms. The maximum Gasteiger partial charge on any atom is 0.233 e. The number of hydrogen-bond donors (Lipinski definition) is 3. The van der Waals surface area contributed by atoms with E-state index in [9.17, 15) is 9.90 Å². The lowest BCUT2D eigenvalue weighted by Gasteiger charge is -2.26. The average Bonchev–Trinajstić information content (AvgIpc) is 2.36. The molecule has 1 aliphatic rings. The number of aryl methyl sites for hydroxylation is 1. The Morgan fingerprint density at radius 2 is 2.33 bits per heavy atom. The number of phenolic OH excluding ortho intramolecular Hbond substituents is 1. The van der Waals surface area contributed by atoms with Gasteiger partial charge in [0.2, 0.25) is 5.91 Å². The molecule has 1 atom stereocenters. The molecule has 0 saturated heterocycles. The van der Waals surface area contributed by atoms with Crippen LogP contribution in [0.25, 0.3) is 0 Å². The molecular formula is C14H20N2O2. The van der Waals surface area contributed by atoms with Crippen LogP contribution >= 0.6 is 0 Å². The number of carbonyl (C=O) groups is 1. The van der Waals surface area contributed by atoms with Crippen molar-refractivity contribution in [1.82, 2.24) is 10.6 Å².